The Morgan fingerprint density at radius 1 is 0.909 bits per heavy atom. The molecule has 0 N–H and O–H groups in total. The molecule has 0 saturated carbocycles. The molecule has 1 heteroatoms. The second-order valence-corrected chi connectivity index (χ2v) is 5.56. The van der Waals surface area contributed by atoms with E-state index in [4.69, 9.17) is 4.79 Å². The molecule has 0 saturated heterocycles. The van der Waals surface area contributed by atoms with Gasteiger partial charge >= 0.3 is 0 Å². The molecule has 22 heavy (non-hydrogen) atoms. The normalized spacial score (nSPS) is 7.82. The molecule has 0 unspecified atom stereocenters. The van der Waals surface area contributed by atoms with Crippen LogP contribution in [0, 0.1) is 26.7 Å². The van der Waals surface area contributed by atoms with Crippen molar-refractivity contribution in [3.05, 3.63) is 34.9 Å². The van der Waals surface area contributed by atoms with Gasteiger partial charge in [-0.05, 0) is 44.7 Å². The van der Waals surface area contributed by atoms with Gasteiger partial charge in [-0.15, -0.1) is 0 Å². The first-order valence-corrected chi connectivity index (χ1v) is 8.70. The molecule has 1 aromatic rings. The Bertz CT molecular complexity index is 309. The van der Waals surface area contributed by atoms with Gasteiger partial charge in [0.15, 0.2) is 0 Å². The molecule has 0 aliphatic rings. The van der Waals surface area contributed by atoms with Gasteiger partial charge in [-0.25, -0.2) is 0 Å². The molecule has 0 aliphatic carbocycles. The number of carbonyl (C=O) groups excluding carboxylic acids is 1. The van der Waals surface area contributed by atoms with Gasteiger partial charge in [0.2, 0.25) is 0 Å². The summed E-state index contributed by atoms with van der Waals surface area (Å²) >= 11 is 0. The van der Waals surface area contributed by atoms with E-state index in [0.29, 0.717) is 0 Å². The molecule has 0 aromatic heterocycles. The van der Waals surface area contributed by atoms with Crippen LogP contribution in [0.25, 0.3) is 0 Å². The molecule has 1 rings (SSSR count). The lowest BCUT2D eigenvalue weighted by molar-refractivity contribution is -0.106. The Kier molecular flexibility index (Phi) is 32.8. The van der Waals surface area contributed by atoms with Crippen LogP contribution in [0.15, 0.2) is 18.2 Å². The van der Waals surface area contributed by atoms with Gasteiger partial charge in [0.25, 0.3) is 0 Å². The van der Waals surface area contributed by atoms with Gasteiger partial charge in [0.1, 0.15) is 6.29 Å². The van der Waals surface area contributed by atoms with Crippen molar-refractivity contribution in [2.45, 2.75) is 89.0 Å². The van der Waals surface area contributed by atoms with Gasteiger partial charge in [0, 0.05) is 0 Å². The molecule has 132 valence electrons. The van der Waals surface area contributed by atoms with Crippen molar-refractivity contribution in [2.24, 2.45) is 5.92 Å². The van der Waals surface area contributed by atoms with Gasteiger partial charge in [0.05, 0.1) is 0 Å². The summed E-state index contributed by atoms with van der Waals surface area (Å²) in [4.78, 5) is 8.81. The van der Waals surface area contributed by atoms with Crippen molar-refractivity contribution in [1.29, 1.82) is 0 Å². The summed E-state index contributed by atoms with van der Waals surface area (Å²) in [6, 6.07) is 6.50. The Hall–Kier alpha value is -1.11. The van der Waals surface area contributed by atoms with Crippen LogP contribution in [-0.2, 0) is 4.79 Å². The van der Waals surface area contributed by atoms with Gasteiger partial charge in [-0.3, -0.25) is 0 Å². The number of aldehydes is 1. The maximum absolute atomic E-state index is 8.81. The summed E-state index contributed by atoms with van der Waals surface area (Å²) in [5, 5.41) is 0. The average Bonchev–Trinajstić information content (AvgIpc) is 2.46. The summed E-state index contributed by atoms with van der Waals surface area (Å²) in [5.74, 6) is 0.833. The van der Waals surface area contributed by atoms with E-state index in [-0.39, 0.29) is 0 Å². The van der Waals surface area contributed by atoms with Crippen LogP contribution in [-0.4, -0.2) is 6.29 Å². The van der Waals surface area contributed by atoms with E-state index in [1.807, 2.05) is 13.8 Å². The maximum Gasteiger partial charge on any atom is 0.116 e. The van der Waals surface area contributed by atoms with E-state index in [9.17, 15) is 0 Å². The number of hydrogen-bond donors (Lipinski definition) is 0. The van der Waals surface area contributed by atoms with E-state index in [1.54, 1.807) is 0 Å². The van der Waals surface area contributed by atoms with Crippen LogP contribution in [0.4, 0.5) is 0 Å². The summed E-state index contributed by atoms with van der Waals surface area (Å²) in [6.07, 6.45) is 3.39. The molecule has 0 radical (unpaired) electrons. The molecule has 1 nitrogen and oxygen atoms in total. The van der Waals surface area contributed by atoms with Gasteiger partial charge in [-0.2, -0.15) is 0 Å². The fraction of sp³-hybridized carbons (Fsp3) is 0.667. The van der Waals surface area contributed by atoms with Crippen LogP contribution in [0.2, 0.25) is 0 Å². The van der Waals surface area contributed by atoms with Crippen LogP contribution >= 0.6 is 0 Å². The zero-order valence-electron chi connectivity index (χ0n) is 17.2. The zero-order valence-corrected chi connectivity index (χ0v) is 17.2. The number of aryl methyl sites for hydroxylation is 3. The Labute approximate surface area is 141 Å². The topological polar surface area (TPSA) is 17.1 Å². The van der Waals surface area contributed by atoms with Gasteiger partial charge < -0.3 is 4.79 Å². The van der Waals surface area contributed by atoms with E-state index < -0.39 is 0 Å². The first-order valence-electron chi connectivity index (χ1n) is 8.70. The second-order valence-electron chi connectivity index (χ2n) is 5.56. The smallest absolute Gasteiger partial charge is 0.116 e. The maximum atomic E-state index is 8.81. The predicted octanol–water partition coefficient (Wildman–Crippen LogP) is 7.31. The summed E-state index contributed by atoms with van der Waals surface area (Å²) in [7, 11) is 0. The molecule has 0 aliphatic heterocycles. The van der Waals surface area contributed by atoms with E-state index in [0.717, 1.165) is 12.2 Å². The highest BCUT2D eigenvalue weighted by atomic mass is 16.1. The average molecular weight is 311 g/mol. The molecule has 0 fully saturated rings. The molecule has 0 bridgehead atoms. The minimum atomic E-state index is 0.750. The predicted molar refractivity (Wildman–Crippen MR) is 105 cm³/mol. The first-order chi connectivity index (χ1) is 10.3. The lowest BCUT2D eigenvalue weighted by atomic mass is 10.1. The second kappa shape index (κ2) is 24.9. The van der Waals surface area contributed by atoms with Crippen LogP contribution in [0.3, 0.4) is 0 Å². The molecule has 1 aromatic carbocycles. The zero-order chi connectivity index (χ0) is 18.6. The summed E-state index contributed by atoms with van der Waals surface area (Å²) < 4.78 is 0. The third-order valence-corrected chi connectivity index (χ3v) is 2.16. The number of carbonyl (C=O) groups is 1. The highest BCUT2D eigenvalue weighted by Crippen LogP contribution is 2.07. The minimum Gasteiger partial charge on any atom is -0.304 e. The van der Waals surface area contributed by atoms with Crippen molar-refractivity contribution in [1.82, 2.24) is 0 Å². The molecule has 0 heterocycles. The van der Waals surface area contributed by atoms with Crippen molar-refractivity contribution >= 4 is 6.29 Å². The third kappa shape index (κ3) is 36.4. The lowest BCUT2D eigenvalue weighted by Gasteiger charge is -1.98. The Morgan fingerprint density at radius 3 is 1.41 bits per heavy atom. The quantitative estimate of drug-likeness (QED) is 0.497. The number of benzene rings is 1. The number of unbranched alkanes of at least 4 members (excludes halogenated alkanes) is 1. The molecular formula is C21H42O. The largest absolute Gasteiger partial charge is 0.304 e. The molecule has 0 amide bonds. The lowest BCUT2D eigenvalue weighted by Crippen LogP contribution is -1.79. The summed E-state index contributed by atoms with van der Waals surface area (Å²) in [5.41, 5.74) is 4.11. The third-order valence-electron chi connectivity index (χ3n) is 2.16. The van der Waals surface area contributed by atoms with Crippen molar-refractivity contribution in [3.8, 4) is 0 Å². The van der Waals surface area contributed by atoms with E-state index in [1.165, 1.54) is 36.5 Å². The standard InChI is InChI=1S/C9H12.2C4H10.C2H4O.C2H6/c1-7-4-5-8(2)9(3)6-7;1-4(2)3;1-3-4-2;1-2-3;1-2/h4-6H,1-3H3;4H,1-3H3;3-4H2,1-2H3;2H,1H3;1-2H3. The van der Waals surface area contributed by atoms with E-state index in [2.05, 4.69) is 73.6 Å². The molecule has 0 atom stereocenters. The van der Waals surface area contributed by atoms with Crippen molar-refractivity contribution in [2.75, 3.05) is 0 Å². The first kappa shape index (κ1) is 29.0. The Balaban J connectivity index is -0.000000106. The highest BCUT2D eigenvalue weighted by Gasteiger charge is 1.89. The van der Waals surface area contributed by atoms with E-state index >= 15 is 0 Å². The monoisotopic (exact) mass is 310 g/mol. The number of rotatable bonds is 1. The molecular weight excluding hydrogens is 268 g/mol. The Morgan fingerprint density at radius 2 is 1.23 bits per heavy atom. The SMILES string of the molecule is CC.CC(C)C.CC=O.CCCC.Cc1ccc(C)c(C)c1. The molecule has 0 spiro atoms. The fourth-order valence-corrected chi connectivity index (χ4v) is 0.891. The summed E-state index contributed by atoms with van der Waals surface area (Å²) in [6.45, 7) is 22.7. The number of hydrogen-bond acceptors (Lipinski definition) is 1. The van der Waals surface area contributed by atoms with Crippen molar-refractivity contribution < 1.29 is 4.79 Å². The van der Waals surface area contributed by atoms with Crippen LogP contribution in [0.1, 0.15) is 84.9 Å². The van der Waals surface area contributed by atoms with Gasteiger partial charge in [-0.1, -0.05) is 85.1 Å². The highest BCUT2D eigenvalue weighted by molar-refractivity contribution is 5.44. The van der Waals surface area contributed by atoms with Crippen LogP contribution in [0.5, 0.6) is 0 Å². The van der Waals surface area contributed by atoms with Crippen molar-refractivity contribution in [3.63, 3.8) is 0 Å². The fourth-order valence-electron chi connectivity index (χ4n) is 0.891. The minimum absolute atomic E-state index is 0.750. The van der Waals surface area contributed by atoms with Crippen LogP contribution < -0.4 is 0 Å².